The number of aromatic nitrogens is 1. The zero-order valence-corrected chi connectivity index (χ0v) is 12.9. The summed E-state index contributed by atoms with van der Waals surface area (Å²) in [6, 6.07) is 3.66. The second-order valence-corrected chi connectivity index (χ2v) is 6.19. The maximum absolute atomic E-state index is 11.7. The van der Waals surface area contributed by atoms with Crippen molar-refractivity contribution in [1.82, 2.24) is 10.3 Å². The van der Waals surface area contributed by atoms with Gasteiger partial charge < -0.3 is 16.4 Å². The first-order valence-corrected chi connectivity index (χ1v) is 7.05. The second-order valence-electron chi connectivity index (χ2n) is 6.19. The summed E-state index contributed by atoms with van der Waals surface area (Å²) in [4.78, 5) is 15.8. The van der Waals surface area contributed by atoms with Gasteiger partial charge in [0, 0.05) is 31.0 Å². The molecule has 0 spiro atoms. The van der Waals surface area contributed by atoms with E-state index in [1.807, 2.05) is 13.0 Å². The van der Waals surface area contributed by atoms with Gasteiger partial charge in [0.15, 0.2) is 0 Å². The maximum Gasteiger partial charge on any atom is 0.269 e. The van der Waals surface area contributed by atoms with Crippen LogP contribution < -0.4 is 16.4 Å². The van der Waals surface area contributed by atoms with Gasteiger partial charge in [0.1, 0.15) is 5.69 Å². The van der Waals surface area contributed by atoms with E-state index in [1.54, 1.807) is 12.3 Å². The summed E-state index contributed by atoms with van der Waals surface area (Å²) in [5, 5.41) is 5.99. The van der Waals surface area contributed by atoms with E-state index in [1.165, 1.54) is 0 Å². The molecule has 0 radical (unpaired) electrons. The van der Waals surface area contributed by atoms with E-state index in [9.17, 15) is 4.79 Å². The Kier molecular flexibility index (Phi) is 5.95. The summed E-state index contributed by atoms with van der Waals surface area (Å²) in [5.74, 6) is -0.157. The third kappa shape index (κ3) is 6.02. The Bertz CT molecular complexity index is 440. The molecule has 5 nitrogen and oxygen atoms in total. The third-order valence-electron chi connectivity index (χ3n) is 2.77. The van der Waals surface area contributed by atoms with E-state index in [2.05, 4.69) is 36.4 Å². The Morgan fingerprint density at radius 2 is 2.15 bits per heavy atom. The van der Waals surface area contributed by atoms with Gasteiger partial charge in [0.05, 0.1) is 0 Å². The van der Waals surface area contributed by atoms with Crippen molar-refractivity contribution in [1.29, 1.82) is 0 Å². The first kappa shape index (κ1) is 16.4. The van der Waals surface area contributed by atoms with Crippen LogP contribution in [0, 0.1) is 5.41 Å². The van der Waals surface area contributed by atoms with Crippen molar-refractivity contribution in [3.05, 3.63) is 24.0 Å². The summed E-state index contributed by atoms with van der Waals surface area (Å²) >= 11 is 0. The van der Waals surface area contributed by atoms with Crippen molar-refractivity contribution >= 4 is 11.6 Å². The van der Waals surface area contributed by atoms with Crippen molar-refractivity contribution in [2.45, 2.75) is 40.2 Å². The number of carbonyl (C=O) groups is 1. The minimum Gasteiger partial charge on any atom is -0.383 e. The fourth-order valence-electron chi connectivity index (χ4n) is 2.02. The molecule has 0 aliphatic rings. The van der Waals surface area contributed by atoms with Crippen LogP contribution in [-0.4, -0.2) is 30.0 Å². The summed E-state index contributed by atoms with van der Waals surface area (Å²) in [6.07, 6.45) is 2.57. The topological polar surface area (TPSA) is 80.0 Å². The van der Waals surface area contributed by atoms with E-state index in [0.29, 0.717) is 18.8 Å². The molecule has 5 heteroatoms. The van der Waals surface area contributed by atoms with Crippen LogP contribution in [0.5, 0.6) is 0 Å². The number of nitrogens with two attached hydrogens (primary N) is 1. The molecule has 0 aliphatic carbocycles. The van der Waals surface area contributed by atoms with Gasteiger partial charge in [0.25, 0.3) is 5.91 Å². The van der Waals surface area contributed by atoms with Gasteiger partial charge in [-0.3, -0.25) is 9.78 Å². The Hall–Kier alpha value is -1.62. The monoisotopic (exact) mass is 278 g/mol. The number of hydrogen-bond donors (Lipinski definition) is 3. The largest absolute Gasteiger partial charge is 0.383 e. The highest BCUT2D eigenvalue weighted by molar-refractivity contribution is 5.93. The quantitative estimate of drug-likeness (QED) is 0.743. The molecule has 1 aromatic rings. The van der Waals surface area contributed by atoms with Crippen molar-refractivity contribution in [3.63, 3.8) is 0 Å². The van der Waals surface area contributed by atoms with Gasteiger partial charge in [-0.2, -0.15) is 0 Å². The minimum absolute atomic E-state index is 0.0797. The lowest BCUT2D eigenvalue weighted by atomic mass is 9.88. The first-order chi connectivity index (χ1) is 9.31. The molecule has 0 saturated heterocycles. The molecule has 0 aliphatic heterocycles. The predicted molar refractivity (Wildman–Crippen MR) is 82.8 cm³/mol. The lowest BCUT2D eigenvalue weighted by molar-refractivity contribution is 0.0951. The number of anilines is 1. The standard InChI is InChI=1S/C15H26N4O/c1-5-17-14(20)13-8-12(6-7-18-13)19-10-11(16)9-15(2,3)4/h6-8,11H,5,9-10,16H2,1-4H3,(H,17,20)(H,18,19). The molecule has 1 aromatic heterocycles. The van der Waals surface area contributed by atoms with Gasteiger partial charge >= 0.3 is 0 Å². The first-order valence-electron chi connectivity index (χ1n) is 7.05. The van der Waals surface area contributed by atoms with Crippen LogP contribution in [0.2, 0.25) is 0 Å². The number of rotatable bonds is 6. The van der Waals surface area contributed by atoms with Gasteiger partial charge in [-0.1, -0.05) is 20.8 Å². The zero-order valence-electron chi connectivity index (χ0n) is 12.9. The van der Waals surface area contributed by atoms with Crippen molar-refractivity contribution < 1.29 is 4.79 Å². The van der Waals surface area contributed by atoms with E-state index in [4.69, 9.17) is 5.73 Å². The molecule has 0 saturated carbocycles. The summed E-state index contributed by atoms with van der Waals surface area (Å²) < 4.78 is 0. The third-order valence-corrected chi connectivity index (χ3v) is 2.77. The highest BCUT2D eigenvalue weighted by Gasteiger charge is 2.15. The fraction of sp³-hybridized carbons (Fsp3) is 0.600. The molecule has 1 rings (SSSR count). The molecule has 1 unspecified atom stereocenters. The van der Waals surface area contributed by atoms with Crippen LogP contribution >= 0.6 is 0 Å². The van der Waals surface area contributed by atoms with E-state index in [0.717, 1.165) is 12.1 Å². The van der Waals surface area contributed by atoms with Gasteiger partial charge in [0.2, 0.25) is 0 Å². The molecule has 20 heavy (non-hydrogen) atoms. The van der Waals surface area contributed by atoms with Crippen LogP contribution in [0.1, 0.15) is 44.6 Å². The number of pyridine rings is 1. The number of amides is 1. The number of nitrogens with one attached hydrogen (secondary N) is 2. The van der Waals surface area contributed by atoms with Crippen LogP contribution in [-0.2, 0) is 0 Å². The molecule has 112 valence electrons. The minimum atomic E-state index is -0.157. The molecular weight excluding hydrogens is 252 g/mol. The highest BCUT2D eigenvalue weighted by atomic mass is 16.1. The SMILES string of the molecule is CCNC(=O)c1cc(NCC(N)CC(C)(C)C)ccn1. The fourth-order valence-corrected chi connectivity index (χ4v) is 2.02. The Morgan fingerprint density at radius 3 is 2.75 bits per heavy atom. The Balaban J connectivity index is 2.56. The van der Waals surface area contributed by atoms with E-state index < -0.39 is 0 Å². The molecule has 1 atom stereocenters. The molecule has 1 heterocycles. The number of nitrogens with zero attached hydrogens (tertiary/aromatic N) is 1. The van der Waals surface area contributed by atoms with E-state index in [-0.39, 0.29) is 17.4 Å². The predicted octanol–water partition coefficient (Wildman–Crippen LogP) is 2.01. The number of hydrogen-bond acceptors (Lipinski definition) is 4. The average molecular weight is 278 g/mol. The molecule has 4 N–H and O–H groups in total. The molecule has 0 bridgehead atoms. The van der Waals surface area contributed by atoms with Crippen LogP contribution in [0.4, 0.5) is 5.69 Å². The van der Waals surface area contributed by atoms with Gasteiger partial charge in [-0.05, 0) is 30.9 Å². The normalized spacial score (nSPS) is 12.8. The lowest BCUT2D eigenvalue weighted by Crippen LogP contribution is -2.33. The van der Waals surface area contributed by atoms with Gasteiger partial charge in [-0.15, -0.1) is 0 Å². The summed E-state index contributed by atoms with van der Waals surface area (Å²) in [6.45, 7) is 9.67. The zero-order chi connectivity index (χ0) is 15.2. The highest BCUT2D eigenvalue weighted by Crippen LogP contribution is 2.20. The van der Waals surface area contributed by atoms with Crippen LogP contribution in [0.3, 0.4) is 0 Å². The number of carbonyl (C=O) groups excluding carboxylic acids is 1. The van der Waals surface area contributed by atoms with Crippen molar-refractivity contribution in [3.8, 4) is 0 Å². The smallest absolute Gasteiger partial charge is 0.269 e. The molecule has 0 fully saturated rings. The van der Waals surface area contributed by atoms with Crippen LogP contribution in [0.25, 0.3) is 0 Å². The average Bonchev–Trinajstić information content (AvgIpc) is 2.35. The van der Waals surface area contributed by atoms with Crippen LogP contribution in [0.15, 0.2) is 18.3 Å². The second kappa shape index (κ2) is 7.24. The Labute approximate surface area is 121 Å². The molecule has 1 amide bonds. The van der Waals surface area contributed by atoms with E-state index >= 15 is 0 Å². The lowest BCUT2D eigenvalue weighted by Gasteiger charge is -2.23. The Morgan fingerprint density at radius 1 is 1.45 bits per heavy atom. The van der Waals surface area contributed by atoms with Crippen molar-refractivity contribution in [2.75, 3.05) is 18.4 Å². The molecule has 0 aromatic carbocycles. The summed E-state index contributed by atoms with van der Waals surface area (Å²) in [7, 11) is 0. The van der Waals surface area contributed by atoms with Gasteiger partial charge in [-0.25, -0.2) is 0 Å². The molecular formula is C15H26N4O. The van der Waals surface area contributed by atoms with Crippen molar-refractivity contribution in [2.24, 2.45) is 11.1 Å². The summed E-state index contributed by atoms with van der Waals surface area (Å²) in [5.41, 5.74) is 7.59. The maximum atomic E-state index is 11.7.